The second kappa shape index (κ2) is 8.02. The maximum absolute atomic E-state index is 15.9. The fourth-order valence-corrected chi connectivity index (χ4v) is 4.11. The van der Waals surface area contributed by atoms with Crippen molar-refractivity contribution in [3.8, 4) is 29.6 Å². The summed E-state index contributed by atoms with van der Waals surface area (Å²) < 4.78 is 35.6. The van der Waals surface area contributed by atoms with Crippen LogP contribution in [0.2, 0.25) is 0 Å². The Morgan fingerprint density at radius 2 is 1.94 bits per heavy atom. The van der Waals surface area contributed by atoms with Crippen LogP contribution in [0.15, 0.2) is 36.5 Å². The van der Waals surface area contributed by atoms with Crippen LogP contribution in [0.4, 0.5) is 14.6 Å². The van der Waals surface area contributed by atoms with E-state index in [0.717, 1.165) is 13.1 Å². The number of hydrogen-bond donors (Lipinski definition) is 1. The maximum atomic E-state index is 15.9. The topological polar surface area (TPSA) is 63.2 Å². The van der Waals surface area contributed by atoms with E-state index in [1.165, 1.54) is 13.2 Å². The first-order valence-corrected chi connectivity index (χ1v) is 10.2. The van der Waals surface area contributed by atoms with Crippen molar-refractivity contribution in [2.75, 3.05) is 38.2 Å². The zero-order chi connectivity index (χ0) is 22.2. The highest BCUT2D eigenvalue weighted by molar-refractivity contribution is 6.02. The fraction of sp³-hybridized carbons (Fsp3) is 0.208. The van der Waals surface area contributed by atoms with Crippen LogP contribution in [0.25, 0.3) is 32.9 Å². The summed E-state index contributed by atoms with van der Waals surface area (Å²) in [6.45, 7) is 3.01. The molecule has 0 atom stereocenters. The highest BCUT2D eigenvalue weighted by atomic mass is 19.1. The number of terminal acetylenes is 1. The largest absolute Gasteiger partial charge is 0.467 e. The molecule has 0 aliphatic carbocycles. The standard InChI is InChI=1S/C24H19F2N5O/c1-3-15-18(25)8-7-14-5-4-6-16(19(14)15)21-20(26)22-17(13-28-21)23(30-24(29-22)32-2)31-11-9-27-10-12-31/h1,4-8,13,27H,9-12H2,2H3. The van der Waals surface area contributed by atoms with E-state index in [4.69, 9.17) is 11.2 Å². The zero-order valence-corrected chi connectivity index (χ0v) is 17.3. The summed E-state index contributed by atoms with van der Waals surface area (Å²) in [5.74, 6) is 1.78. The molecule has 0 amide bonds. The highest BCUT2D eigenvalue weighted by Gasteiger charge is 2.23. The molecule has 6 nitrogen and oxygen atoms in total. The lowest BCUT2D eigenvalue weighted by molar-refractivity contribution is 0.381. The molecule has 1 saturated heterocycles. The number of ether oxygens (including phenoxy) is 1. The first kappa shape index (κ1) is 20.1. The van der Waals surface area contributed by atoms with Crippen LogP contribution in [0.5, 0.6) is 6.01 Å². The van der Waals surface area contributed by atoms with E-state index >= 15 is 4.39 Å². The lowest BCUT2D eigenvalue weighted by atomic mass is 9.96. The summed E-state index contributed by atoms with van der Waals surface area (Å²) in [6.07, 6.45) is 7.13. The number of piperazine rings is 1. The van der Waals surface area contributed by atoms with Crippen molar-refractivity contribution in [2.45, 2.75) is 0 Å². The van der Waals surface area contributed by atoms with Crippen molar-refractivity contribution in [3.05, 3.63) is 53.7 Å². The van der Waals surface area contributed by atoms with E-state index < -0.39 is 11.6 Å². The summed E-state index contributed by atoms with van der Waals surface area (Å²) in [4.78, 5) is 15.2. The lowest BCUT2D eigenvalue weighted by Gasteiger charge is -2.29. The van der Waals surface area contributed by atoms with Gasteiger partial charge in [-0.25, -0.2) is 8.78 Å². The van der Waals surface area contributed by atoms with Crippen LogP contribution < -0.4 is 15.0 Å². The number of rotatable bonds is 3. The third-order valence-electron chi connectivity index (χ3n) is 5.64. The van der Waals surface area contributed by atoms with Gasteiger partial charge in [-0.2, -0.15) is 9.97 Å². The number of halogens is 2. The fourth-order valence-electron chi connectivity index (χ4n) is 4.11. The Bertz CT molecular complexity index is 1390. The van der Waals surface area contributed by atoms with E-state index in [1.54, 1.807) is 30.5 Å². The molecule has 4 aromatic rings. The number of aromatic nitrogens is 3. The number of anilines is 1. The molecule has 1 aliphatic heterocycles. The summed E-state index contributed by atoms with van der Waals surface area (Å²) in [7, 11) is 1.44. The molecule has 1 aliphatic rings. The SMILES string of the molecule is C#Cc1c(F)ccc2cccc(-c3ncc4c(N5CCNCC5)nc(OC)nc4c3F)c12. The van der Waals surface area contributed by atoms with Crippen LogP contribution in [0.3, 0.4) is 0 Å². The summed E-state index contributed by atoms with van der Waals surface area (Å²) in [5.41, 5.74) is 0.597. The molecule has 32 heavy (non-hydrogen) atoms. The molecular weight excluding hydrogens is 412 g/mol. The second-order valence-corrected chi connectivity index (χ2v) is 7.42. The smallest absolute Gasteiger partial charge is 0.318 e. The Labute approximate surface area is 183 Å². The average Bonchev–Trinajstić information content (AvgIpc) is 2.84. The Morgan fingerprint density at radius 3 is 2.69 bits per heavy atom. The van der Waals surface area contributed by atoms with Gasteiger partial charge in [0.2, 0.25) is 0 Å². The van der Waals surface area contributed by atoms with Gasteiger partial charge in [-0.3, -0.25) is 4.98 Å². The monoisotopic (exact) mass is 431 g/mol. The van der Waals surface area contributed by atoms with Crippen LogP contribution in [-0.4, -0.2) is 48.2 Å². The molecule has 0 saturated carbocycles. The quantitative estimate of drug-likeness (QED) is 0.501. The predicted octanol–water partition coefficient (Wildman–Crippen LogP) is 3.52. The molecule has 160 valence electrons. The molecule has 8 heteroatoms. The molecule has 0 radical (unpaired) electrons. The summed E-state index contributed by atoms with van der Waals surface area (Å²) in [6, 6.07) is 8.22. The maximum Gasteiger partial charge on any atom is 0.318 e. The van der Waals surface area contributed by atoms with E-state index in [-0.39, 0.29) is 22.8 Å². The molecule has 2 aromatic carbocycles. The second-order valence-electron chi connectivity index (χ2n) is 7.42. The van der Waals surface area contributed by atoms with Gasteiger partial charge in [0.15, 0.2) is 5.82 Å². The van der Waals surface area contributed by atoms with Gasteiger partial charge in [0.05, 0.1) is 18.1 Å². The van der Waals surface area contributed by atoms with Gasteiger partial charge in [-0.15, -0.1) is 6.42 Å². The lowest BCUT2D eigenvalue weighted by Crippen LogP contribution is -2.44. The van der Waals surface area contributed by atoms with Crippen LogP contribution in [0.1, 0.15) is 5.56 Å². The molecule has 1 N–H and O–H groups in total. The number of fused-ring (bicyclic) bond motifs is 2. The van der Waals surface area contributed by atoms with E-state index in [2.05, 4.69) is 26.2 Å². The molecular formula is C24H19F2N5O. The van der Waals surface area contributed by atoms with Crippen molar-refractivity contribution in [3.63, 3.8) is 0 Å². The first-order chi connectivity index (χ1) is 15.6. The minimum atomic E-state index is -0.640. The normalized spacial score (nSPS) is 14.0. The molecule has 5 rings (SSSR count). The zero-order valence-electron chi connectivity index (χ0n) is 17.3. The Balaban J connectivity index is 1.78. The van der Waals surface area contributed by atoms with Gasteiger partial charge < -0.3 is 15.0 Å². The van der Waals surface area contributed by atoms with E-state index in [0.29, 0.717) is 40.6 Å². The molecule has 0 unspecified atom stereocenters. The van der Waals surface area contributed by atoms with Gasteiger partial charge in [0.1, 0.15) is 22.8 Å². The summed E-state index contributed by atoms with van der Waals surface area (Å²) in [5, 5.41) is 4.90. The van der Waals surface area contributed by atoms with Gasteiger partial charge in [0, 0.05) is 43.3 Å². The van der Waals surface area contributed by atoms with E-state index in [9.17, 15) is 4.39 Å². The average molecular weight is 431 g/mol. The number of nitrogens with one attached hydrogen (secondary N) is 1. The summed E-state index contributed by atoms with van der Waals surface area (Å²) >= 11 is 0. The van der Waals surface area contributed by atoms with Crippen molar-refractivity contribution in [1.29, 1.82) is 0 Å². The van der Waals surface area contributed by atoms with Gasteiger partial charge in [0.25, 0.3) is 0 Å². The van der Waals surface area contributed by atoms with Crippen molar-refractivity contribution < 1.29 is 13.5 Å². The molecule has 1 fully saturated rings. The predicted molar refractivity (Wildman–Crippen MR) is 120 cm³/mol. The number of pyridine rings is 1. The third-order valence-corrected chi connectivity index (χ3v) is 5.64. The van der Waals surface area contributed by atoms with Crippen molar-refractivity contribution in [2.24, 2.45) is 0 Å². The van der Waals surface area contributed by atoms with Gasteiger partial charge >= 0.3 is 6.01 Å². The minimum Gasteiger partial charge on any atom is -0.467 e. The van der Waals surface area contributed by atoms with Gasteiger partial charge in [-0.1, -0.05) is 30.2 Å². The number of nitrogens with zero attached hydrogens (tertiary/aromatic N) is 4. The van der Waals surface area contributed by atoms with Crippen molar-refractivity contribution in [1.82, 2.24) is 20.3 Å². The number of benzene rings is 2. The third kappa shape index (κ3) is 3.18. The molecule has 3 heterocycles. The molecule has 0 bridgehead atoms. The molecule has 0 spiro atoms. The Morgan fingerprint density at radius 1 is 1.12 bits per heavy atom. The Kier molecular flexibility index (Phi) is 5.04. The number of hydrogen-bond acceptors (Lipinski definition) is 6. The van der Waals surface area contributed by atoms with Crippen LogP contribution >= 0.6 is 0 Å². The Hall–Kier alpha value is -3.83. The van der Waals surface area contributed by atoms with E-state index in [1.807, 2.05) is 4.90 Å². The highest BCUT2D eigenvalue weighted by Crippen LogP contribution is 2.36. The van der Waals surface area contributed by atoms with Crippen LogP contribution in [0, 0.1) is 24.0 Å². The molecule has 2 aromatic heterocycles. The van der Waals surface area contributed by atoms with Crippen molar-refractivity contribution >= 4 is 27.5 Å². The van der Waals surface area contributed by atoms with Gasteiger partial charge in [-0.05, 0) is 11.5 Å². The first-order valence-electron chi connectivity index (χ1n) is 10.2. The number of methoxy groups -OCH3 is 1. The minimum absolute atomic E-state index is 0.0391. The van der Waals surface area contributed by atoms with Crippen LogP contribution in [-0.2, 0) is 0 Å².